The van der Waals surface area contributed by atoms with Gasteiger partial charge >= 0.3 is 0 Å². The van der Waals surface area contributed by atoms with Gasteiger partial charge in [-0.2, -0.15) is 0 Å². The van der Waals surface area contributed by atoms with Crippen LogP contribution in [0.5, 0.6) is 0 Å². The normalized spacial score (nSPS) is 11.3. The molecule has 2 aromatic carbocycles. The maximum atomic E-state index is 12.5. The van der Waals surface area contributed by atoms with Crippen molar-refractivity contribution in [3.63, 3.8) is 0 Å². The Morgan fingerprint density at radius 3 is 2.74 bits per heavy atom. The lowest BCUT2D eigenvalue weighted by molar-refractivity contribution is 0.0977. The summed E-state index contributed by atoms with van der Waals surface area (Å²) >= 11 is 9.37. The molecule has 8 heteroatoms. The third kappa shape index (κ3) is 5.94. The first-order valence-corrected chi connectivity index (χ1v) is 9.38. The van der Waals surface area contributed by atoms with Gasteiger partial charge in [0.05, 0.1) is 6.33 Å². The molecule has 0 fully saturated rings. The monoisotopic (exact) mass is 445 g/mol. The Morgan fingerprint density at radius 1 is 1.22 bits per heavy atom. The lowest BCUT2D eigenvalue weighted by Gasteiger charge is -2.12. The average Bonchev–Trinajstić information content (AvgIpc) is 3.17. The van der Waals surface area contributed by atoms with E-state index in [0.717, 1.165) is 15.9 Å². The van der Waals surface area contributed by atoms with Crippen LogP contribution in [0.2, 0.25) is 5.02 Å². The molecule has 0 atom stereocenters. The molecule has 0 bridgehead atoms. The van der Waals surface area contributed by atoms with Gasteiger partial charge in [0.25, 0.3) is 5.91 Å². The summed E-state index contributed by atoms with van der Waals surface area (Å²) in [5, 5.41) is 6.45. The van der Waals surface area contributed by atoms with E-state index in [0.29, 0.717) is 29.5 Å². The third-order valence-electron chi connectivity index (χ3n) is 3.63. The Morgan fingerprint density at radius 2 is 2.04 bits per heavy atom. The maximum absolute atomic E-state index is 12.5. The molecule has 0 aliphatic carbocycles. The van der Waals surface area contributed by atoms with E-state index < -0.39 is 0 Å². The van der Waals surface area contributed by atoms with Crippen LogP contribution in [0.25, 0.3) is 0 Å². The minimum absolute atomic E-state index is 0.289. The van der Waals surface area contributed by atoms with Gasteiger partial charge in [-0.15, -0.1) is 0 Å². The fraction of sp³-hybridized carbons (Fsp3) is 0.105. The number of imidazole rings is 1. The number of H-pyrrole nitrogens is 1. The predicted molar refractivity (Wildman–Crippen MR) is 111 cm³/mol. The second-order valence-corrected chi connectivity index (χ2v) is 7.01. The van der Waals surface area contributed by atoms with Gasteiger partial charge in [0.2, 0.25) is 5.96 Å². The molecule has 1 amide bonds. The van der Waals surface area contributed by atoms with Crippen molar-refractivity contribution in [1.82, 2.24) is 15.3 Å². The number of amides is 1. The van der Waals surface area contributed by atoms with Crippen molar-refractivity contribution in [2.24, 2.45) is 4.99 Å². The topological polar surface area (TPSA) is 82.2 Å². The molecular weight excluding hydrogens is 430 g/mol. The first-order chi connectivity index (χ1) is 13.1. The second kappa shape index (κ2) is 9.34. The maximum Gasteiger partial charge on any atom is 0.258 e. The minimum Gasteiger partial charge on any atom is -0.348 e. The number of guanidine groups is 1. The van der Waals surface area contributed by atoms with E-state index in [2.05, 4.69) is 41.5 Å². The highest BCUT2D eigenvalue weighted by Gasteiger charge is 2.10. The number of aliphatic imine (C=N–C) groups is 1. The fourth-order valence-electron chi connectivity index (χ4n) is 2.30. The van der Waals surface area contributed by atoms with E-state index in [-0.39, 0.29) is 5.91 Å². The smallest absolute Gasteiger partial charge is 0.258 e. The zero-order valence-electron chi connectivity index (χ0n) is 14.2. The van der Waals surface area contributed by atoms with Crippen LogP contribution in [-0.4, -0.2) is 28.4 Å². The van der Waals surface area contributed by atoms with Crippen molar-refractivity contribution in [3.05, 3.63) is 81.8 Å². The summed E-state index contributed by atoms with van der Waals surface area (Å²) in [6.45, 7) is 0.483. The molecule has 0 unspecified atom stereocenters. The molecule has 6 nitrogen and oxygen atoms in total. The number of carbonyl (C=O) groups is 1. The number of nitrogens with one attached hydrogen (secondary N) is 3. The van der Waals surface area contributed by atoms with E-state index in [4.69, 9.17) is 11.6 Å². The molecule has 0 saturated carbocycles. The van der Waals surface area contributed by atoms with E-state index in [9.17, 15) is 4.79 Å². The molecule has 1 aromatic heterocycles. The van der Waals surface area contributed by atoms with E-state index in [1.165, 1.54) is 0 Å². The highest BCUT2D eigenvalue weighted by Crippen LogP contribution is 2.14. The second-order valence-electron chi connectivity index (χ2n) is 5.65. The molecule has 3 N–H and O–H groups in total. The Bertz CT molecular complexity index is 926. The number of hydrogen-bond acceptors (Lipinski definition) is 3. The summed E-state index contributed by atoms with van der Waals surface area (Å²) in [6.07, 6.45) is 4.06. The molecule has 138 valence electrons. The highest BCUT2D eigenvalue weighted by atomic mass is 79.9. The number of aromatic amines is 1. The molecule has 1 heterocycles. The van der Waals surface area contributed by atoms with Crippen molar-refractivity contribution in [1.29, 1.82) is 0 Å². The van der Waals surface area contributed by atoms with Crippen molar-refractivity contribution in [2.45, 2.75) is 6.42 Å². The van der Waals surface area contributed by atoms with Crippen molar-refractivity contribution in [3.8, 4) is 0 Å². The summed E-state index contributed by atoms with van der Waals surface area (Å²) in [4.78, 5) is 24.0. The number of rotatable bonds is 5. The van der Waals surface area contributed by atoms with Gasteiger partial charge in [-0.25, -0.2) is 4.98 Å². The number of halogens is 2. The van der Waals surface area contributed by atoms with Gasteiger partial charge in [-0.3, -0.25) is 15.1 Å². The first kappa shape index (κ1) is 19.1. The predicted octanol–water partition coefficient (Wildman–Crippen LogP) is 4.27. The van der Waals surface area contributed by atoms with Gasteiger partial charge in [0.1, 0.15) is 0 Å². The molecule has 0 radical (unpaired) electrons. The van der Waals surface area contributed by atoms with Gasteiger partial charge in [-0.1, -0.05) is 33.6 Å². The summed E-state index contributed by atoms with van der Waals surface area (Å²) in [7, 11) is 0. The van der Waals surface area contributed by atoms with Crippen LogP contribution in [0.1, 0.15) is 16.1 Å². The largest absolute Gasteiger partial charge is 0.348 e. The molecule has 0 saturated heterocycles. The Balaban J connectivity index is 1.73. The molecule has 0 spiro atoms. The number of hydrogen-bond donors (Lipinski definition) is 3. The standard InChI is InChI=1S/C19H17BrClN5O/c20-14-4-6-16(7-5-14)25-19(23-9-8-17-11-22-12-24-17)26-18(27)13-2-1-3-15(21)10-13/h1-7,10-12H,8-9H2,(H,22,24)(H2,23,25,26,27). The van der Waals surface area contributed by atoms with E-state index in [1.807, 2.05) is 24.3 Å². The quantitative estimate of drug-likeness (QED) is 0.404. The Labute approximate surface area is 170 Å². The van der Waals surface area contributed by atoms with Crippen molar-refractivity contribution in [2.75, 3.05) is 11.9 Å². The molecule has 27 heavy (non-hydrogen) atoms. The lowest BCUT2D eigenvalue weighted by atomic mass is 10.2. The van der Waals surface area contributed by atoms with Gasteiger partial charge < -0.3 is 10.3 Å². The van der Waals surface area contributed by atoms with Crippen LogP contribution in [-0.2, 0) is 6.42 Å². The molecule has 0 aliphatic heterocycles. The molecule has 3 aromatic rings. The van der Waals surface area contributed by atoms with Crippen LogP contribution in [0.3, 0.4) is 0 Å². The molecular formula is C19H17BrClN5O. The highest BCUT2D eigenvalue weighted by molar-refractivity contribution is 9.10. The molecule has 3 rings (SSSR count). The fourth-order valence-corrected chi connectivity index (χ4v) is 2.75. The van der Waals surface area contributed by atoms with E-state index in [1.54, 1.807) is 36.8 Å². The number of carbonyl (C=O) groups excluding carboxylic acids is 1. The zero-order chi connectivity index (χ0) is 19.1. The van der Waals surface area contributed by atoms with Crippen molar-refractivity contribution < 1.29 is 4.79 Å². The van der Waals surface area contributed by atoms with Crippen LogP contribution in [0.15, 0.2) is 70.5 Å². The summed E-state index contributed by atoms with van der Waals surface area (Å²) < 4.78 is 0.966. The third-order valence-corrected chi connectivity index (χ3v) is 4.40. The Kier molecular flexibility index (Phi) is 6.62. The van der Waals surface area contributed by atoms with Crippen LogP contribution >= 0.6 is 27.5 Å². The van der Waals surface area contributed by atoms with Gasteiger partial charge in [0, 0.05) is 45.6 Å². The average molecular weight is 447 g/mol. The first-order valence-electron chi connectivity index (χ1n) is 8.21. The van der Waals surface area contributed by atoms with Crippen LogP contribution in [0, 0.1) is 0 Å². The summed E-state index contributed by atoms with van der Waals surface area (Å²) in [5.74, 6) is 0.0733. The van der Waals surface area contributed by atoms with E-state index >= 15 is 0 Å². The lowest BCUT2D eigenvalue weighted by Crippen LogP contribution is -2.36. The Hall–Kier alpha value is -2.64. The van der Waals surface area contributed by atoms with Crippen molar-refractivity contribution >= 4 is 45.1 Å². The summed E-state index contributed by atoms with van der Waals surface area (Å²) in [6, 6.07) is 14.3. The summed E-state index contributed by atoms with van der Waals surface area (Å²) in [5.41, 5.74) is 2.24. The zero-order valence-corrected chi connectivity index (χ0v) is 16.6. The number of nitrogens with zero attached hydrogens (tertiary/aromatic N) is 2. The van der Waals surface area contributed by atoms with Crippen LogP contribution < -0.4 is 10.6 Å². The van der Waals surface area contributed by atoms with Gasteiger partial charge in [0.15, 0.2) is 0 Å². The van der Waals surface area contributed by atoms with Gasteiger partial charge in [-0.05, 0) is 42.5 Å². The number of aromatic nitrogens is 2. The SMILES string of the molecule is O=C(NC(=NCCc1cnc[nH]1)Nc1ccc(Br)cc1)c1cccc(Cl)c1. The number of benzene rings is 2. The number of anilines is 1. The van der Waals surface area contributed by atoms with Crippen LogP contribution in [0.4, 0.5) is 5.69 Å². The minimum atomic E-state index is -0.289. The molecule has 0 aliphatic rings.